The molecule has 0 bridgehead atoms. The van der Waals surface area contributed by atoms with Crippen LogP contribution >= 0.6 is 0 Å². The van der Waals surface area contributed by atoms with Gasteiger partial charge in [0.2, 0.25) is 41.4 Å². The monoisotopic (exact) mass is 499 g/mol. The van der Waals surface area contributed by atoms with Gasteiger partial charge in [0.15, 0.2) is 0 Å². The standard InChI is InChI=1S/C15H15N3O4.C8H10N2O4/c1-9(19)16-12-5-3-11(4-6-12)7-13-15(22)18(10(2)20)8-14(21)17-13;1-5(11)9-3-8(14)10(6(2)12)4-7(9)13/h3-7H,8H2,1-2H3,(H,16,19)(H,17,21);3-4H2,1-2H3. The summed E-state index contributed by atoms with van der Waals surface area (Å²) in [5.41, 5.74) is 1.32. The van der Waals surface area contributed by atoms with Gasteiger partial charge in [-0.05, 0) is 23.8 Å². The van der Waals surface area contributed by atoms with Crippen LogP contribution in [0.3, 0.4) is 0 Å². The molecule has 0 spiro atoms. The Labute approximate surface area is 206 Å². The minimum atomic E-state index is -0.543. The summed E-state index contributed by atoms with van der Waals surface area (Å²) < 4.78 is 0. The summed E-state index contributed by atoms with van der Waals surface area (Å²) in [5.74, 6) is -3.63. The highest BCUT2D eigenvalue weighted by molar-refractivity contribution is 6.12. The molecule has 2 aliphatic heterocycles. The van der Waals surface area contributed by atoms with Crippen LogP contribution in [-0.4, -0.2) is 81.6 Å². The number of nitrogens with one attached hydrogen (secondary N) is 2. The average Bonchev–Trinajstić information content (AvgIpc) is 2.78. The highest BCUT2D eigenvalue weighted by Crippen LogP contribution is 2.15. The zero-order chi connectivity index (χ0) is 27.2. The first-order valence-corrected chi connectivity index (χ1v) is 10.6. The third-order valence-corrected chi connectivity index (χ3v) is 4.92. The van der Waals surface area contributed by atoms with Crippen LogP contribution in [0.4, 0.5) is 5.69 Å². The van der Waals surface area contributed by atoms with E-state index in [9.17, 15) is 38.4 Å². The second-order valence-electron chi connectivity index (χ2n) is 7.82. The van der Waals surface area contributed by atoms with Crippen molar-refractivity contribution in [1.82, 2.24) is 20.0 Å². The minimum Gasteiger partial charge on any atom is -0.326 e. The van der Waals surface area contributed by atoms with Crippen LogP contribution in [0.25, 0.3) is 6.08 Å². The topological polar surface area (TPSA) is 170 Å². The number of anilines is 1. The Hall–Kier alpha value is -4.68. The number of nitrogens with zero attached hydrogens (tertiary/aromatic N) is 3. The molecule has 190 valence electrons. The molecule has 1 aromatic rings. The van der Waals surface area contributed by atoms with Crippen LogP contribution in [0.15, 0.2) is 30.0 Å². The van der Waals surface area contributed by atoms with Gasteiger partial charge in [-0.1, -0.05) is 12.1 Å². The fourth-order valence-electron chi connectivity index (χ4n) is 3.18. The molecule has 3 rings (SSSR count). The number of amides is 8. The summed E-state index contributed by atoms with van der Waals surface area (Å²) in [6, 6.07) is 6.71. The Morgan fingerprint density at radius 2 is 1.22 bits per heavy atom. The van der Waals surface area contributed by atoms with E-state index in [1.54, 1.807) is 24.3 Å². The van der Waals surface area contributed by atoms with E-state index < -0.39 is 41.4 Å². The molecule has 2 aliphatic rings. The van der Waals surface area contributed by atoms with Gasteiger partial charge in [0.25, 0.3) is 5.91 Å². The van der Waals surface area contributed by atoms with Gasteiger partial charge < -0.3 is 10.6 Å². The van der Waals surface area contributed by atoms with E-state index in [0.29, 0.717) is 11.3 Å². The van der Waals surface area contributed by atoms with Gasteiger partial charge in [-0.25, -0.2) is 0 Å². The average molecular weight is 499 g/mol. The van der Waals surface area contributed by atoms with E-state index in [-0.39, 0.29) is 31.2 Å². The first-order chi connectivity index (χ1) is 16.8. The van der Waals surface area contributed by atoms with Crippen LogP contribution in [-0.2, 0) is 38.4 Å². The Kier molecular flexibility index (Phi) is 8.91. The molecular formula is C23H25N5O8. The highest BCUT2D eigenvalue weighted by atomic mass is 16.2. The number of hydrogen-bond donors (Lipinski definition) is 2. The van der Waals surface area contributed by atoms with Crippen molar-refractivity contribution in [3.63, 3.8) is 0 Å². The van der Waals surface area contributed by atoms with Gasteiger partial charge in [0.05, 0.1) is 0 Å². The maximum Gasteiger partial charge on any atom is 0.277 e. The Bertz CT molecular complexity index is 1140. The third kappa shape index (κ3) is 7.16. The molecule has 0 unspecified atom stereocenters. The number of carbonyl (C=O) groups is 8. The molecule has 0 aromatic heterocycles. The van der Waals surface area contributed by atoms with Crippen LogP contribution in [0, 0.1) is 0 Å². The SMILES string of the molecule is CC(=O)N1CC(=O)N(C(C)=O)CC1=O.CC(=O)Nc1ccc(C=C2NC(=O)CN(C(C)=O)C2=O)cc1. The minimum absolute atomic E-state index is 0.0405. The number of rotatable bonds is 2. The molecule has 13 heteroatoms. The van der Waals surface area contributed by atoms with Crippen molar-refractivity contribution in [1.29, 1.82) is 0 Å². The maximum absolute atomic E-state index is 12.1. The van der Waals surface area contributed by atoms with Gasteiger partial charge in [0.1, 0.15) is 25.3 Å². The van der Waals surface area contributed by atoms with E-state index in [1.807, 2.05) is 0 Å². The van der Waals surface area contributed by atoms with E-state index >= 15 is 0 Å². The highest BCUT2D eigenvalue weighted by Gasteiger charge is 2.34. The van der Waals surface area contributed by atoms with Crippen molar-refractivity contribution in [2.45, 2.75) is 27.7 Å². The maximum atomic E-state index is 12.1. The number of imide groups is 3. The van der Waals surface area contributed by atoms with Crippen molar-refractivity contribution >= 4 is 59.0 Å². The summed E-state index contributed by atoms with van der Waals surface area (Å²) in [4.78, 5) is 92.8. The fraction of sp³-hybridized carbons (Fsp3) is 0.304. The summed E-state index contributed by atoms with van der Waals surface area (Å²) in [6.45, 7) is 4.09. The molecule has 2 heterocycles. The van der Waals surface area contributed by atoms with Gasteiger partial charge in [-0.3, -0.25) is 53.1 Å². The fourth-order valence-corrected chi connectivity index (χ4v) is 3.18. The van der Waals surface area contributed by atoms with Crippen molar-refractivity contribution in [3.8, 4) is 0 Å². The predicted octanol–water partition coefficient (Wildman–Crippen LogP) is -0.759. The molecule has 2 fully saturated rings. The number of carbonyl (C=O) groups excluding carboxylic acids is 8. The smallest absolute Gasteiger partial charge is 0.277 e. The lowest BCUT2D eigenvalue weighted by molar-refractivity contribution is -0.161. The Morgan fingerprint density at radius 3 is 1.64 bits per heavy atom. The summed E-state index contributed by atoms with van der Waals surface area (Å²) in [5, 5.41) is 5.08. The van der Waals surface area contributed by atoms with Gasteiger partial charge in [-0.15, -0.1) is 0 Å². The summed E-state index contributed by atoms with van der Waals surface area (Å²) >= 11 is 0. The summed E-state index contributed by atoms with van der Waals surface area (Å²) in [6.07, 6.45) is 1.48. The molecule has 2 saturated heterocycles. The summed E-state index contributed by atoms with van der Waals surface area (Å²) in [7, 11) is 0. The normalized spacial score (nSPS) is 16.8. The van der Waals surface area contributed by atoms with E-state index in [2.05, 4.69) is 10.6 Å². The van der Waals surface area contributed by atoms with Crippen LogP contribution in [0.5, 0.6) is 0 Å². The lowest BCUT2D eigenvalue weighted by atomic mass is 10.1. The lowest BCUT2D eigenvalue weighted by Gasteiger charge is -2.29. The van der Waals surface area contributed by atoms with Crippen molar-refractivity contribution < 1.29 is 38.4 Å². The number of piperazine rings is 2. The molecule has 36 heavy (non-hydrogen) atoms. The second kappa shape index (κ2) is 11.6. The first kappa shape index (κ1) is 27.6. The van der Waals surface area contributed by atoms with E-state index in [0.717, 1.165) is 14.7 Å². The molecular weight excluding hydrogens is 474 g/mol. The largest absolute Gasteiger partial charge is 0.326 e. The molecule has 0 saturated carbocycles. The van der Waals surface area contributed by atoms with Crippen molar-refractivity contribution in [3.05, 3.63) is 35.5 Å². The molecule has 1 aromatic carbocycles. The molecule has 13 nitrogen and oxygen atoms in total. The lowest BCUT2D eigenvalue weighted by Crippen LogP contribution is -2.56. The van der Waals surface area contributed by atoms with E-state index in [1.165, 1.54) is 33.8 Å². The first-order valence-electron chi connectivity index (χ1n) is 10.6. The van der Waals surface area contributed by atoms with Gasteiger partial charge in [-0.2, -0.15) is 0 Å². The van der Waals surface area contributed by atoms with Crippen LogP contribution in [0.1, 0.15) is 33.3 Å². The second-order valence-corrected chi connectivity index (χ2v) is 7.82. The van der Waals surface area contributed by atoms with Crippen molar-refractivity contribution in [2.24, 2.45) is 0 Å². The van der Waals surface area contributed by atoms with E-state index in [4.69, 9.17) is 0 Å². The van der Waals surface area contributed by atoms with Gasteiger partial charge in [0, 0.05) is 33.4 Å². The van der Waals surface area contributed by atoms with Crippen LogP contribution in [0.2, 0.25) is 0 Å². The molecule has 8 amide bonds. The molecule has 0 atom stereocenters. The van der Waals surface area contributed by atoms with Crippen molar-refractivity contribution in [2.75, 3.05) is 25.0 Å². The number of benzene rings is 1. The zero-order valence-corrected chi connectivity index (χ0v) is 20.1. The quantitative estimate of drug-likeness (QED) is 0.500. The predicted molar refractivity (Wildman–Crippen MR) is 124 cm³/mol. The molecule has 0 aliphatic carbocycles. The van der Waals surface area contributed by atoms with Crippen LogP contribution < -0.4 is 10.6 Å². The number of hydrogen-bond acceptors (Lipinski definition) is 8. The molecule has 2 N–H and O–H groups in total. The van der Waals surface area contributed by atoms with Gasteiger partial charge >= 0.3 is 0 Å². The Morgan fingerprint density at radius 1 is 0.750 bits per heavy atom. The third-order valence-electron chi connectivity index (χ3n) is 4.92. The molecule has 0 radical (unpaired) electrons. The Balaban J connectivity index is 0.000000281. The zero-order valence-electron chi connectivity index (χ0n) is 20.1.